The molecule has 6 heteroatoms. The van der Waals surface area contributed by atoms with Crippen molar-refractivity contribution in [3.05, 3.63) is 94.8 Å². The fourth-order valence-electron chi connectivity index (χ4n) is 2.30. The Morgan fingerprint density at radius 1 is 0.731 bits per heavy atom. The van der Waals surface area contributed by atoms with Crippen molar-refractivity contribution in [2.75, 3.05) is 10.6 Å². The zero-order chi connectivity index (χ0) is 18.5. The Labute approximate surface area is 154 Å². The largest absolute Gasteiger partial charge is 0.322 e. The van der Waals surface area contributed by atoms with E-state index in [1.807, 2.05) is 0 Å². The summed E-state index contributed by atoms with van der Waals surface area (Å²) in [5.74, 6) is -1.18. The van der Waals surface area contributed by atoms with E-state index in [1.54, 1.807) is 48.5 Å². The molecule has 0 unspecified atom stereocenters. The summed E-state index contributed by atoms with van der Waals surface area (Å²) < 4.78 is 13.2. The molecule has 130 valence electrons. The normalized spacial score (nSPS) is 10.2. The summed E-state index contributed by atoms with van der Waals surface area (Å²) in [5.41, 5.74) is 1.77. The third-order valence-electron chi connectivity index (χ3n) is 3.57. The average molecular weight is 369 g/mol. The molecule has 4 nitrogen and oxygen atoms in total. The molecule has 3 aromatic carbocycles. The van der Waals surface area contributed by atoms with Crippen molar-refractivity contribution in [1.29, 1.82) is 0 Å². The number of carbonyl (C=O) groups is 2. The Bertz CT molecular complexity index is 880. The third-order valence-corrected chi connectivity index (χ3v) is 3.81. The second-order valence-electron chi connectivity index (χ2n) is 5.51. The molecular formula is C20H14ClFN2O2. The van der Waals surface area contributed by atoms with E-state index in [4.69, 9.17) is 11.6 Å². The van der Waals surface area contributed by atoms with Gasteiger partial charge in [0.2, 0.25) is 0 Å². The van der Waals surface area contributed by atoms with E-state index >= 15 is 0 Å². The molecular weight excluding hydrogens is 355 g/mol. The summed E-state index contributed by atoms with van der Waals surface area (Å²) in [5, 5.41) is 5.89. The molecule has 0 radical (unpaired) electrons. The highest BCUT2D eigenvalue weighted by Gasteiger charge is 2.09. The SMILES string of the molecule is O=C(Nc1ccc(NC(=O)c2cccc(Cl)c2)cc1)c1cccc(F)c1. The molecule has 0 bridgehead atoms. The number of hydrogen-bond donors (Lipinski definition) is 2. The number of nitrogens with one attached hydrogen (secondary N) is 2. The molecule has 0 saturated heterocycles. The second kappa shape index (κ2) is 7.80. The first-order valence-electron chi connectivity index (χ1n) is 7.75. The highest BCUT2D eigenvalue weighted by molar-refractivity contribution is 6.31. The lowest BCUT2D eigenvalue weighted by molar-refractivity contribution is 0.101. The second-order valence-corrected chi connectivity index (χ2v) is 5.94. The van der Waals surface area contributed by atoms with Crippen LogP contribution in [0.25, 0.3) is 0 Å². The average Bonchev–Trinajstić information content (AvgIpc) is 2.63. The van der Waals surface area contributed by atoms with Crippen LogP contribution in [0.4, 0.5) is 15.8 Å². The molecule has 0 aromatic heterocycles. The summed E-state index contributed by atoms with van der Waals surface area (Å²) >= 11 is 5.88. The highest BCUT2D eigenvalue weighted by Crippen LogP contribution is 2.17. The number of rotatable bonds is 4. The Morgan fingerprint density at radius 3 is 1.73 bits per heavy atom. The van der Waals surface area contributed by atoms with Crippen LogP contribution in [-0.4, -0.2) is 11.8 Å². The molecule has 0 aliphatic rings. The van der Waals surface area contributed by atoms with E-state index in [9.17, 15) is 14.0 Å². The van der Waals surface area contributed by atoms with Crippen LogP contribution in [-0.2, 0) is 0 Å². The minimum Gasteiger partial charge on any atom is -0.322 e. The smallest absolute Gasteiger partial charge is 0.255 e. The van der Waals surface area contributed by atoms with Gasteiger partial charge in [-0.1, -0.05) is 23.7 Å². The zero-order valence-corrected chi connectivity index (χ0v) is 14.3. The summed E-state index contributed by atoms with van der Waals surface area (Å²) in [7, 11) is 0. The van der Waals surface area contributed by atoms with Crippen molar-refractivity contribution >= 4 is 34.8 Å². The van der Waals surface area contributed by atoms with Crippen LogP contribution in [0, 0.1) is 5.82 Å². The number of benzene rings is 3. The van der Waals surface area contributed by atoms with Crippen LogP contribution in [0.15, 0.2) is 72.8 Å². The number of halogens is 2. The van der Waals surface area contributed by atoms with Gasteiger partial charge in [0.1, 0.15) is 5.82 Å². The van der Waals surface area contributed by atoms with Gasteiger partial charge < -0.3 is 10.6 Å². The van der Waals surface area contributed by atoms with Crippen LogP contribution in [0.3, 0.4) is 0 Å². The molecule has 2 N–H and O–H groups in total. The molecule has 3 rings (SSSR count). The van der Waals surface area contributed by atoms with Gasteiger partial charge in [0, 0.05) is 27.5 Å². The Balaban J connectivity index is 1.65. The molecule has 0 saturated carbocycles. The molecule has 0 atom stereocenters. The molecule has 0 fully saturated rings. The number of carbonyl (C=O) groups excluding carboxylic acids is 2. The summed E-state index contributed by atoms with van der Waals surface area (Å²) in [4.78, 5) is 24.3. The molecule has 0 heterocycles. The van der Waals surface area contributed by atoms with Crippen LogP contribution in [0.5, 0.6) is 0 Å². The molecule has 2 amide bonds. The lowest BCUT2D eigenvalue weighted by Crippen LogP contribution is -2.13. The fourth-order valence-corrected chi connectivity index (χ4v) is 2.49. The first kappa shape index (κ1) is 17.6. The van der Waals surface area contributed by atoms with Crippen LogP contribution in [0.2, 0.25) is 5.02 Å². The zero-order valence-electron chi connectivity index (χ0n) is 13.5. The lowest BCUT2D eigenvalue weighted by atomic mass is 10.2. The summed E-state index contributed by atoms with van der Waals surface area (Å²) in [6.45, 7) is 0. The standard InChI is InChI=1S/C20H14ClFN2O2/c21-15-5-1-3-13(11-15)19(25)23-17-7-9-18(10-8-17)24-20(26)14-4-2-6-16(22)12-14/h1-12H,(H,23,25)(H,24,26). The van der Waals surface area contributed by atoms with E-state index in [2.05, 4.69) is 10.6 Å². The minimum atomic E-state index is -0.475. The third kappa shape index (κ3) is 4.46. The maximum atomic E-state index is 13.2. The Kier molecular flexibility index (Phi) is 5.29. The van der Waals surface area contributed by atoms with Gasteiger partial charge in [-0.2, -0.15) is 0 Å². The predicted octanol–water partition coefficient (Wildman–Crippen LogP) is 4.98. The van der Waals surface area contributed by atoms with Crippen molar-refractivity contribution in [2.45, 2.75) is 0 Å². The predicted molar refractivity (Wildman–Crippen MR) is 100 cm³/mol. The highest BCUT2D eigenvalue weighted by atomic mass is 35.5. The minimum absolute atomic E-state index is 0.225. The first-order chi connectivity index (χ1) is 12.5. The van der Waals surface area contributed by atoms with Gasteiger partial charge in [-0.05, 0) is 60.7 Å². The molecule has 0 aliphatic carbocycles. The van der Waals surface area contributed by atoms with E-state index in [1.165, 1.54) is 18.2 Å². The monoisotopic (exact) mass is 368 g/mol. The van der Waals surface area contributed by atoms with Gasteiger partial charge in [-0.15, -0.1) is 0 Å². The van der Waals surface area contributed by atoms with Crippen molar-refractivity contribution in [2.24, 2.45) is 0 Å². The van der Waals surface area contributed by atoms with Gasteiger partial charge in [-0.25, -0.2) is 4.39 Å². The molecule has 0 aliphatic heterocycles. The van der Waals surface area contributed by atoms with Gasteiger partial charge in [-0.3, -0.25) is 9.59 Å². The fraction of sp³-hybridized carbons (Fsp3) is 0. The summed E-state index contributed by atoms with van der Waals surface area (Å²) in [6, 6.07) is 18.7. The van der Waals surface area contributed by atoms with Gasteiger partial charge in [0.05, 0.1) is 0 Å². The van der Waals surface area contributed by atoms with Gasteiger partial charge in [0.15, 0.2) is 0 Å². The maximum absolute atomic E-state index is 13.2. The van der Waals surface area contributed by atoms with Crippen molar-refractivity contribution in [3.63, 3.8) is 0 Å². The number of hydrogen-bond acceptors (Lipinski definition) is 2. The van der Waals surface area contributed by atoms with Crippen molar-refractivity contribution in [3.8, 4) is 0 Å². The molecule has 0 spiro atoms. The van der Waals surface area contributed by atoms with Crippen molar-refractivity contribution < 1.29 is 14.0 Å². The van der Waals surface area contributed by atoms with E-state index in [-0.39, 0.29) is 11.5 Å². The van der Waals surface area contributed by atoms with Crippen LogP contribution in [0.1, 0.15) is 20.7 Å². The van der Waals surface area contributed by atoms with E-state index in [0.717, 1.165) is 6.07 Å². The van der Waals surface area contributed by atoms with Crippen LogP contribution >= 0.6 is 11.6 Å². The van der Waals surface area contributed by atoms with Crippen LogP contribution < -0.4 is 10.6 Å². The lowest BCUT2D eigenvalue weighted by Gasteiger charge is -2.08. The molecule has 26 heavy (non-hydrogen) atoms. The van der Waals surface area contributed by atoms with Gasteiger partial charge in [0.25, 0.3) is 11.8 Å². The maximum Gasteiger partial charge on any atom is 0.255 e. The van der Waals surface area contributed by atoms with E-state index < -0.39 is 11.7 Å². The van der Waals surface area contributed by atoms with Crippen molar-refractivity contribution in [1.82, 2.24) is 0 Å². The first-order valence-corrected chi connectivity index (χ1v) is 8.13. The Morgan fingerprint density at radius 2 is 1.23 bits per heavy atom. The molecule has 3 aromatic rings. The Hall–Kier alpha value is -3.18. The number of anilines is 2. The summed E-state index contributed by atoms with van der Waals surface area (Å²) in [6.07, 6.45) is 0. The topological polar surface area (TPSA) is 58.2 Å². The van der Waals surface area contributed by atoms with Gasteiger partial charge >= 0.3 is 0 Å². The van der Waals surface area contributed by atoms with E-state index in [0.29, 0.717) is 22.0 Å². The quantitative estimate of drug-likeness (QED) is 0.682. The number of amides is 2.